The Labute approximate surface area is 114 Å². The summed E-state index contributed by atoms with van der Waals surface area (Å²) in [6, 6.07) is 5.91. The van der Waals surface area contributed by atoms with E-state index in [4.69, 9.17) is 11.2 Å². The number of rotatable bonds is 4. The van der Waals surface area contributed by atoms with Crippen LogP contribution in [0.1, 0.15) is 25.3 Å². The molecule has 0 aromatic heterocycles. The smallest absolute Gasteiger partial charge is 0.228 e. The fourth-order valence-corrected chi connectivity index (χ4v) is 2.22. The third-order valence-corrected chi connectivity index (χ3v) is 3.23. The first-order chi connectivity index (χ1) is 9.15. The normalized spacial score (nSPS) is 18.5. The number of terminal acetylenes is 1. The van der Waals surface area contributed by atoms with E-state index in [0.717, 1.165) is 23.4 Å². The summed E-state index contributed by atoms with van der Waals surface area (Å²) < 4.78 is 5.75. The van der Waals surface area contributed by atoms with Crippen molar-refractivity contribution in [3.05, 3.63) is 23.8 Å². The monoisotopic (exact) mass is 257 g/mol. The maximum atomic E-state index is 12.0. The number of anilines is 1. The molecule has 100 valence electrons. The molecule has 2 rings (SSSR count). The molecule has 1 aromatic rings. The van der Waals surface area contributed by atoms with E-state index in [9.17, 15) is 4.79 Å². The highest BCUT2D eigenvalue weighted by Gasteiger charge is 2.31. The van der Waals surface area contributed by atoms with Crippen molar-refractivity contribution < 1.29 is 9.53 Å². The molecule has 3 heteroatoms. The maximum Gasteiger partial charge on any atom is 0.228 e. The van der Waals surface area contributed by atoms with Crippen molar-refractivity contribution in [1.82, 2.24) is 0 Å². The highest BCUT2D eigenvalue weighted by Crippen LogP contribution is 2.33. The molecule has 1 amide bonds. The van der Waals surface area contributed by atoms with Gasteiger partial charge in [-0.2, -0.15) is 0 Å². The molecule has 0 bridgehead atoms. The number of ether oxygens (including phenoxy) is 1. The van der Waals surface area contributed by atoms with Gasteiger partial charge in [-0.1, -0.05) is 13.0 Å². The second-order valence-electron chi connectivity index (χ2n) is 4.89. The lowest BCUT2D eigenvalue weighted by molar-refractivity contribution is -0.117. The third kappa shape index (κ3) is 2.90. The second kappa shape index (κ2) is 5.79. The molecule has 3 nitrogen and oxygen atoms in total. The quantitative estimate of drug-likeness (QED) is 0.776. The zero-order valence-electron chi connectivity index (χ0n) is 11.5. The van der Waals surface area contributed by atoms with Crippen LogP contribution in [0.2, 0.25) is 0 Å². The summed E-state index contributed by atoms with van der Waals surface area (Å²) in [5.41, 5.74) is 1.96. The Balaban J connectivity index is 2.29. The van der Waals surface area contributed by atoms with Gasteiger partial charge in [0.05, 0.1) is 12.3 Å². The van der Waals surface area contributed by atoms with Crippen molar-refractivity contribution in [2.45, 2.75) is 26.7 Å². The van der Waals surface area contributed by atoms with E-state index in [0.29, 0.717) is 19.6 Å². The van der Waals surface area contributed by atoms with Crippen LogP contribution in [0.4, 0.5) is 5.69 Å². The molecular weight excluding hydrogens is 238 g/mol. The molecule has 1 atom stereocenters. The van der Waals surface area contributed by atoms with Crippen molar-refractivity contribution in [3.63, 3.8) is 0 Å². The lowest BCUT2D eigenvalue weighted by Gasteiger charge is -2.20. The Morgan fingerprint density at radius 3 is 2.95 bits per heavy atom. The Morgan fingerprint density at radius 2 is 2.32 bits per heavy atom. The number of carbonyl (C=O) groups is 1. The summed E-state index contributed by atoms with van der Waals surface area (Å²) in [5.74, 6) is 3.52. The van der Waals surface area contributed by atoms with Gasteiger partial charge in [-0.15, -0.1) is 12.3 Å². The number of aryl methyl sites for hydroxylation is 1. The number of hydrogen-bond acceptors (Lipinski definition) is 2. The summed E-state index contributed by atoms with van der Waals surface area (Å²) in [6.45, 7) is 5.31. The maximum absolute atomic E-state index is 12.0. The van der Waals surface area contributed by atoms with Crippen LogP contribution in [-0.4, -0.2) is 19.1 Å². The lowest BCUT2D eigenvalue weighted by Crippen LogP contribution is -2.25. The van der Waals surface area contributed by atoms with Gasteiger partial charge in [0.25, 0.3) is 0 Å². The Kier molecular flexibility index (Phi) is 4.11. The minimum atomic E-state index is 0.00725. The molecule has 1 unspecified atom stereocenters. The van der Waals surface area contributed by atoms with Gasteiger partial charge in [0.15, 0.2) is 0 Å². The Hall–Kier alpha value is -1.95. The first-order valence-electron chi connectivity index (χ1n) is 6.65. The van der Waals surface area contributed by atoms with Gasteiger partial charge >= 0.3 is 0 Å². The number of carbonyl (C=O) groups excluding carboxylic acids is 1. The molecule has 0 saturated carbocycles. The number of amides is 1. The predicted octanol–water partition coefficient (Wildman–Crippen LogP) is 2.77. The van der Waals surface area contributed by atoms with Crippen LogP contribution in [0.25, 0.3) is 0 Å². The van der Waals surface area contributed by atoms with Crippen LogP contribution in [0, 0.1) is 25.2 Å². The molecular formula is C16H19NO2. The Morgan fingerprint density at radius 1 is 1.53 bits per heavy atom. The van der Waals surface area contributed by atoms with Gasteiger partial charge in [0, 0.05) is 18.9 Å². The van der Waals surface area contributed by atoms with E-state index < -0.39 is 0 Å². The summed E-state index contributed by atoms with van der Waals surface area (Å²) >= 11 is 0. The molecule has 1 heterocycles. The van der Waals surface area contributed by atoms with E-state index in [1.165, 1.54) is 0 Å². The number of hydrogen-bond donors (Lipinski definition) is 0. The first kappa shape index (κ1) is 13.5. The van der Waals surface area contributed by atoms with Crippen molar-refractivity contribution in [1.29, 1.82) is 0 Å². The highest BCUT2D eigenvalue weighted by atomic mass is 16.5. The molecule has 1 fully saturated rings. The highest BCUT2D eigenvalue weighted by molar-refractivity contribution is 5.97. The molecule has 0 N–H and O–H groups in total. The van der Waals surface area contributed by atoms with Gasteiger partial charge in [-0.25, -0.2) is 0 Å². The summed E-state index contributed by atoms with van der Waals surface area (Å²) in [6.07, 6.45) is 6.79. The van der Waals surface area contributed by atoms with Crippen LogP contribution in [0.3, 0.4) is 0 Å². The molecule has 1 saturated heterocycles. The van der Waals surface area contributed by atoms with E-state index in [1.807, 2.05) is 25.1 Å². The van der Waals surface area contributed by atoms with Crippen LogP contribution in [-0.2, 0) is 4.79 Å². The zero-order valence-corrected chi connectivity index (χ0v) is 11.5. The molecule has 0 aliphatic carbocycles. The van der Waals surface area contributed by atoms with Crippen LogP contribution >= 0.6 is 0 Å². The van der Waals surface area contributed by atoms with Crippen molar-refractivity contribution in [2.75, 3.05) is 18.1 Å². The fourth-order valence-electron chi connectivity index (χ4n) is 2.22. The van der Waals surface area contributed by atoms with Gasteiger partial charge < -0.3 is 9.64 Å². The van der Waals surface area contributed by atoms with Gasteiger partial charge in [-0.3, -0.25) is 4.79 Å². The Bertz CT molecular complexity index is 516. The van der Waals surface area contributed by atoms with Gasteiger partial charge in [0.1, 0.15) is 5.75 Å². The summed E-state index contributed by atoms with van der Waals surface area (Å²) in [4.78, 5) is 13.8. The standard InChI is InChI=1S/C16H19NO2/c1-4-8-19-15-9-12(3)6-7-14(15)17-11-13(5-2)10-16(17)18/h2,6-7,9,13H,4,8,10-11H2,1,3H3. The average molecular weight is 257 g/mol. The van der Waals surface area contributed by atoms with Crippen LogP contribution in [0.15, 0.2) is 18.2 Å². The van der Waals surface area contributed by atoms with Crippen LogP contribution in [0.5, 0.6) is 5.75 Å². The third-order valence-electron chi connectivity index (χ3n) is 3.23. The number of benzene rings is 1. The summed E-state index contributed by atoms with van der Waals surface area (Å²) in [7, 11) is 0. The fraction of sp³-hybridized carbons (Fsp3) is 0.438. The minimum absolute atomic E-state index is 0.00725. The van der Waals surface area contributed by atoms with E-state index in [1.54, 1.807) is 4.90 Å². The largest absolute Gasteiger partial charge is 0.491 e. The van der Waals surface area contributed by atoms with Crippen molar-refractivity contribution >= 4 is 11.6 Å². The number of nitrogens with zero attached hydrogens (tertiary/aromatic N) is 1. The molecule has 0 spiro atoms. The minimum Gasteiger partial charge on any atom is -0.491 e. The molecule has 0 radical (unpaired) electrons. The van der Waals surface area contributed by atoms with Crippen molar-refractivity contribution in [3.8, 4) is 18.1 Å². The van der Waals surface area contributed by atoms with Crippen LogP contribution < -0.4 is 9.64 Å². The topological polar surface area (TPSA) is 29.5 Å². The molecule has 1 aliphatic rings. The van der Waals surface area contributed by atoms with E-state index in [2.05, 4.69) is 12.8 Å². The predicted molar refractivity (Wildman–Crippen MR) is 76.3 cm³/mol. The second-order valence-corrected chi connectivity index (χ2v) is 4.89. The first-order valence-corrected chi connectivity index (χ1v) is 6.65. The zero-order chi connectivity index (χ0) is 13.8. The molecule has 1 aromatic carbocycles. The SMILES string of the molecule is C#CC1CC(=O)N(c2ccc(C)cc2OCCC)C1. The summed E-state index contributed by atoms with van der Waals surface area (Å²) in [5, 5.41) is 0. The van der Waals surface area contributed by atoms with Gasteiger partial charge in [-0.05, 0) is 31.0 Å². The van der Waals surface area contributed by atoms with E-state index in [-0.39, 0.29) is 11.8 Å². The van der Waals surface area contributed by atoms with E-state index >= 15 is 0 Å². The lowest BCUT2D eigenvalue weighted by atomic mass is 10.1. The molecule has 19 heavy (non-hydrogen) atoms. The average Bonchev–Trinajstić information content (AvgIpc) is 2.78. The van der Waals surface area contributed by atoms with Crippen molar-refractivity contribution in [2.24, 2.45) is 5.92 Å². The van der Waals surface area contributed by atoms with Gasteiger partial charge in [0.2, 0.25) is 5.91 Å². The molecule has 1 aliphatic heterocycles.